The minimum Gasteiger partial charge on any atom is -0.142 e. The molecule has 0 unspecified atom stereocenters. The first-order chi connectivity index (χ1) is 3.79. The van der Waals surface area contributed by atoms with E-state index in [0.29, 0.717) is 9.76 Å². The average molecular weight is 193 g/mol. The molecule has 0 bridgehead atoms. The lowest BCUT2D eigenvalue weighted by Gasteiger charge is -1.84. The molecule has 0 spiro atoms. The molecule has 0 aliphatic carbocycles. The van der Waals surface area contributed by atoms with E-state index in [0.717, 1.165) is 0 Å². The Kier molecular flexibility index (Phi) is 1.81. The van der Waals surface area contributed by atoms with Crippen molar-refractivity contribution in [2.75, 3.05) is 0 Å². The van der Waals surface area contributed by atoms with Crippen LogP contribution in [0.2, 0.25) is 5.15 Å². The van der Waals surface area contributed by atoms with Gasteiger partial charge in [0, 0.05) is 0 Å². The van der Waals surface area contributed by atoms with Crippen LogP contribution in [0.3, 0.4) is 0 Å². The zero-order chi connectivity index (χ0) is 5.98. The molecule has 1 heterocycles. The molecule has 0 fully saturated rings. The van der Waals surface area contributed by atoms with E-state index in [2.05, 4.69) is 26.1 Å². The summed E-state index contributed by atoms with van der Waals surface area (Å²) in [5.74, 6) is 0. The molecule has 0 amide bonds. The molecule has 2 nitrogen and oxygen atoms in total. The molecule has 0 saturated heterocycles. The van der Waals surface area contributed by atoms with Crippen molar-refractivity contribution in [3.05, 3.63) is 21.9 Å². The van der Waals surface area contributed by atoms with Gasteiger partial charge < -0.3 is 0 Å². The summed E-state index contributed by atoms with van der Waals surface area (Å²) >= 11 is 8.53. The Morgan fingerprint density at radius 2 is 2.12 bits per heavy atom. The maximum Gasteiger partial charge on any atom is 0.151 e. The van der Waals surface area contributed by atoms with E-state index in [1.807, 2.05) is 0 Å². The molecule has 0 aliphatic heterocycles. The second kappa shape index (κ2) is 2.42. The van der Waals surface area contributed by atoms with E-state index in [1.165, 1.54) is 0 Å². The molecule has 0 saturated carbocycles. The van der Waals surface area contributed by atoms with E-state index in [4.69, 9.17) is 11.6 Å². The fourth-order valence-electron chi connectivity index (χ4n) is 0.300. The molecule has 0 aliphatic rings. The van der Waals surface area contributed by atoms with Crippen LogP contribution in [0, 0.1) is 0 Å². The van der Waals surface area contributed by atoms with Gasteiger partial charge in [-0.3, -0.25) is 0 Å². The first kappa shape index (κ1) is 5.98. The van der Waals surface area contributed by atoms with E-state index >= 15 is 0 Å². The molecular formula is C4H2BrClN2. The van der Waals surface area contributed by atoms with E-state index in [9.17, 15) is 0 Å². The highest BCUT2D eigenvalue weighted by atomic mass is 79.9. The van der Waals surface area contributed by atoms with Gasteiger partial charge in [-0.15, -0.1) is 10.2 Å². The zero-order valence-electron chi connectivity index (χ0n) is 3.81. The van der Waals surface area contributed by atoms with Crippen molar-refractivity contribution in [1.82, 2.24) is 10.2 Å². The van der Waals surface area contributed by atoms with Gasteiger partial charge in [0.15, 0.2) is 5.15 Å². The number of aromatic nitrogens is 2. The minimum absolute atomic E-state index is 0.410. The van der Waals surface area contributed by atoms with Crippen LogP contribution in [-0.4, -0.2) is 10.2 Å². The maximum atomic E-state index is 5.42. The lowest BCUT2D eigenvalue weighted by atomic mass is 10.6. The minimum atomic E-state index is 0.410. The van der Waals surface area contributed by atoms with Crippen molar-refractivity contribution in [1.29, 1.82) is 0 Å². The highest BCUT2D eigenvalue weighted by molar-refractivity contribution is 9.10. The van der Waals surface area contributed by atoms with Crippen molar-refractivity contribution < 1.29 is 0 Å². The Labute approximate surface area is 60.0 Å². The van der Waals surface area contributed by atoms with Gasteiger partial charge in [-0.25, -0.2) is 0 Å². The van der Waals surface area contributed by atoms with Crippen molar-refractivity contribution in [3.8, 4) is 0 Å². The number of rotatable bonds is 0. The maximum absolute atomic E-state index is 5.42. The van der Waals surface area contributed by atoms with Gasteiger partial charge in [0.25, 0.3) is 0 Å². The molecule has 0 atom stereocenters. The molecule has 1 rings (SSSR count). The summed E-state index contributed by atoms with van der Waals surface area (Å²) in [6.07, 6.45) is 0. The molecular weight excluding hydrogens is 191 g/mol. The summed E-state index contributed by atoms with van der Waals surface area (Å²) in [4.78, 5) is 0. The Morgan fingerprint density at radius 3 is 2.50 bits per heavy atom. The largest absolute Gasteiger partial charge is 0.151 e. The monoisotopic (exact) mass is 192 g/mol. The normalized spacial score (nSPS) is 9.25. The highest BCUT2D eigenvalue weighted by Gasteiger charge is 1.86. The molecule has 8 heavy (non-hydrogen) atoms. The summed E-state index contributed by atoms with van der Waals surface area (Å²) in [7, 11) is 0. The second-order valence-corrected chi connectivity index (χ2v) is 2.38. The quantitative estimate of drug-likeness (QED) is 0.629. The van der Waals surface area contributed by atoms with Gasteiger partial charge in [0.2, 0.25) is 0 Å². The summed E-state index contributed by atoms with van der Waals surface area (Å²) in [6.45, 7) is 0. The molecule has 0 aromatic carbocycles. The third-order valence-electron chi connectivity index (χ3n) is 0.599. The average Bonchev–Trinajstić information content (AvgIpc) is 1.77. The summed E-state index contributed by atoms with van der Waals surface area (Å²) in [5.41, 5.74) is 0. The Balaban J connectivity index is 3.03. The van der Waals surface area contributed by atoms with Crippen LogP contribution < -0.4 is 0 Å². The van der Waals surface area contributed by atoms with Crippen LogP contribution in [0.1, 0.15) is 0 Å². The zero-order valence-corrected chi connectivity index (χ0v) is 6.15. The SMILES string of the molecule is Clc1ccc(Br)nn1. The third-order valence-corrected chi connectivity index (χ3v) is 1.22. The second-order valence-electron chi connectivity index (χ2n) is 1.18. The number of hydrogen-bond acceptors (Lipinski definition) is 2. The van der Waals surface area contributed by atoms with E-state index in [-0.39, 0.29) is 0 Å². The third kappa shape index (κ3) is 1.42. The van der Waals surface area contributed by atoms with Gasteiger partial charge in [-0.1, -0.05) is 11.6 Å². The molecule has 4 heteroatoms. The van der Waals surface area contributed by atoms with E-state index in [1.54, 1.807) is 12.1 Å². The van der Waals surface area contributed by atoms with Gasteiger partial charge in [0.05, 0.1) is 0 Å². The van der Waals surface area contributed by atoms with Crippen LogP contribution in [-0.2, 0) is 0 Å². The topological polar surface area (TPSA) is 25.8 Å². The summed E-state index contributed by atoms with van der Waals surface area (Å²) in [6, 6.07) is 3.40. The molecule has 42 valence electrons. The highest BCUT2D eigenvalue weighted by Crippen LogP contribution is 2.06. The lowest BCUT2D eigenvalue weighted by molar-refractivity contribution is 1.01. The van der Waals surface area contributed by atoms with Crippen molar-refractivity contribution in [2.45, 2.75) is 0 Å². The van der Waals surface area contributed by atoms with Crippen molar-refractivity contribution in [2.24, 2.45) is 0 Å². The van der Waals surface area contributed by atoms with Crippen LogP contribution in [0.25, 0.3) is 0 Å². The Hall–Kier alpha value is -0.150. The van der Waals surface area contributed by atoms with Gasteiger partial charge >= 0.3 is 0 Å². The molecule has 1 aromatic heterocycles. The molecule has 1 aromatic rings. The Morgan fingerprint density at radius 1 is 1.38 bits per heavy atom. The van der Waals surface area contributed by atoms with Crippen LogP contribution in [0.5, 0.6) is 0 Å². The van der Waals surface area contributed by atoms with E-state index < -0.39 is 0 Å². The fourth-order valence-corrected chi connectivity index (χ4v) is 0.612. The lowest BCUT2D eigenvalue weighted by Crippen LogP contribution is -1.79. The predicted molar refractivity (Wildman–Crippen MR) is 34.7 cm³/mol. The molecule has 0 N–H and O–H groups in total. The smallest absolute Gasteiger partial charge is 0.142 e. The van der Waals surface area contributed by atoms with Crippen LogP contribution in [0.4, 0.5) is 0 Å². The number of nitrogens with zero attached hydrogens (tertiary/aromatic N) is 2. The van der Waals surface area contributed by atoms with Crippen molar-refractivity contribution in [3.63, 3.8) is 0 Å². The summed E-state index contributed by atoms with van der Waals surface area (Å²) < 4.78 is 0.696. The van der Waals surface area contributed by atoms with Gasteiger partial charge in [-0.05, 0) is 28.1 Å². The first-order valence-corrected chi connectivity index (χ1v) is 3.11. The molecule has 0 radical (unpaired) electrons. The predicted octanol–water partition coefficient (Wildman–Crippen LogP) is 1.89. The fraction of sp³-hybridized carbons (Fsp3) is 0. The van der Waals surface area contributed by atoms with Crippen LogP contribution in [0.15, 0.2) is 16.7 Å². The number of halogens is 2. The van der Waals surface area contributed by atoms with Gasteiger partial charge in [-0.2, -0.15) is 0 Å². The van der Waals surface area contributed by atoms with Crippen LogP contribution >= 0.6 is 27.5 Å². The number of hydrogen-bond donors (Lipinski definition) is 0. The van der Waals surface area contributed by atoms with Gasteiger partial charge in [0.1, 0.15) is 4.60 Å². The Bertz CT molecular complexity index is 153. The summed E-state index contributed by atoms with van der Waals surface area (Å²) in [5, 5.41) is 7.57. The standard InChI is InChI=1S/C4H2BrClN2/c5-3-1-2-4(6)8-7-3/h1-2H. The first-order valence-electron chi connectivity index (χ1n) is 1.94. The van der Waals surface area contributed by atoms with Crippen molar-refractivity contribution >= 4 is 27.5 Å².